The van der Waals surface area contributed by atoms with E-state index in [1.54, 1.807) is 40.7 Å². The van der Waals surface area contributed by atoms with Crippen molar-refractivity contribution in [2.45, 2.75) is 51.2 Å². The van der Waals surface area contributed by atoms with Crippen LogP contribution in [0.25, 0.3) is 10.2 Å². The quantitative estimate of drug-likeness (QED) is 0.438. The molecule has 0 saturated carbocycles. The Morgan fingerprint density at radius 2 is 1.97 bits per heavy atom. The molecule has 0 saturated heterocycles. The van der Waals surface area contributed by atoms with E-state index >= 15 is 0 Å². The first-order chi connectivity index (χ1) is 16.1. The van der Waals surface area contributed by atoms with Crippen LogP contribution in [0.3, 0.4) is 0 Å². The zero-order valence-corrected chi connectivity index (χ0v) is 18.9. The Morgan fingerprint density at radius 3 is 2.79 bits per heavy atom. The highest BCUT2D eigenvalue weighted by atomic mass is 32.1. The lowest BCUT2D eigenvalue weighted by atomic mass is 9.93. The van der Waals surface area contributed by atoms with Gasteiger partial charge < -0.3 is 5.32 Å². The number of halogens is 2. The molecule has 5 rings (SSSR count). The molecule has 0 bridgehead atoms. The second kappa shape index (κ2) is 9.49. The van der Waals surface area contributed by atoms with Gasteiger partial charge in [-0.05, 0) is 73.1 Å². The Hall–Kier alpha value is -2.97. The van der Waals surface area contributed by atoms with Crippen molar-refractivity contribution in [3.63, 3.8) is 0 Å². The summed E-state index contributed by atoms with van der Waals surface area (Å²) in [6.07, 6.45) is 9.49. The summed E-state index contributed by atoms with van der Waals surface area (Å²) < 4.78 is 28.3. The number of rotatable bonds is 7. The largest absolute Gasteiger partial charge is 0.310 e. The van der Waals surface area contributed by atoms with Crippen LogP contribution in [0.15, 0.2) is 53.8 Å². The van der Waals surface area contributed by atoms with Gasteiger partial charge >= 0.3 is 0 Å². The average molecular weight is 467 g/mol. The van der Waals surface area contributed by atoms with E-state index in [1.807, 2.05) is 12.1 Å². The third kappa shape index (κ3) is 4.72. The monoisotopic (exact) mass is 466 g/mol. The normalized spacial score (nSPS) is 15.6. The number of aromatic nitrogens is 3. The van der Waals surface area contributed by atoms with Crippen LogP contribution in [-0.4, -0.2) is 20.6 Å². The van der Waals surface area contributed by atoms with Crippen molar-refractivity contribution in [1.82, 2.24) is 19.9 Å². The smallest absolute Gasteiger partial charge is 0.262 e. The lowest BCUT2D eigenvalue weighted by Gasteiger charge is -2.23. The second-order valence-electron chi connectivity index (χ2n) is 8.46. The first-order valence-corrected chi connectivity index (χ1v) is 12.0. The molecule has 33 heavy (non-hydrogen) atoms. The fraction of sp³-hybridized carbons (Fsp3) is 0.320. The molecule has 170 valence electrons. The number of fused-ring (bicyclic) bond motifs is 3. The van der Waals surface area contributed by atoms with Crippen LogP contribution in [0.1, 0.15) is 34.4 Å². The van der Waals surface area contributed by atoms with E-state index in [2.05, 4.69) is 15.3 Å². The number of thiophene rings is 1. The van der Waals surface area contributed by atoms with Gasteiger partial charge in [0, 0.05) is 36.4 Å². The van der Waals surface area contributed by atoms with Gasteiger partial charge in [-0.25, -0.2) is 13.8 Å². The summed E-state index contributed by atoms with van der Waals surface area (Å²) in [6.45, 7) is 1.11. The van der Waals surface area contributed by atoms with Crippen molar-refractivity contribution in [2.24, 2.45) is 0 Å². The third-order valence-corrected chi connectivity index (χ3v) is 7.39. The van der Waals surface area contributed by atoms with Crippen molar-refractivity contribution >= 4 is 21.6 Å². The highest BCUT2D eigenvalue weighted by Crippen LogP contribution is 2.33. The van der Waals surface area contributed by atoms with Gasteiger partial charge in [0.2, 0.25) is 0 Å². The molecule has 0 fully saturated rings. The van der Waals surface area contributed by atoms with Gasteiger partial charge in [-0.3, -0.25) is 14.3 Å². The molecule has 4 aromatic rings. The fourth-order valence-electron chi connectivity index (χ4n) is 4.45. The van der Waals surface area contributed by atoms with Crippen LogP contribution in [0.4, 0.5) is 8.78 Å². The van der Waals surface area contributed by atoms with Crippen LogP contribution < -0.4 is 10.9 Å². The molecule has 0 amide bonds. The highest BCUT2D eigenvalue weighted by molar-refractivity contribution is 7.18. The first kappa shape index (κ1) is 21.9. The molecule has 3 heterocycles. The van der Waals surface area contributed by atoms with E-state index in [9.17, 15) is 13.6 Å². The van der Waals surface area contributed by atoms with Crippen LogP contribution in [0.2, 0.25) is 0 Å². The number of pyridine rings is 1. The van der Waals surface area contributed by atoms with Crippen LogP contribution in [0.5, 0.6) is 0 Å². The first-order valence-electron chi connectivity index (χ1n) is 11.1. The number of aryl methyl sites for hydroxylation is 3. The predicted octanol–water partition coefficient (Wildman–Crippen LogP) is 4.41. The van der Waals surface area contributed by atoms with Gasteiger partial charge in [0.1, 0.15) is 4.83 Å². The molecule has 1 aliphatic carbocycles. The van der Waals surface area contributed by atoms with Gasteiger partial charge in [-0.1, -0.05) is 6.07 Å². The molecule has 1 aromatic carbocycles. The third-order valence-electron chi connectivity index (χ3n) is 6.23. The number of hydrogen-bond acceptors (Lipinski definition) is 5. The minimum atomic E-state index is -0.832. The van der Waals surface area contributed by atoms with E-state index in [0.29, 0.717) is 18.7 Å². The molecule has 1 unspecified atom stereocenters. The van der Waals surface area contributed by atoms with E-state index in [1.165, 1.54) is 16.5 Å². The SMILES string of the molecule is O=c1c2c3c(sc2ncn1CCCc1ccncc1)CC(NCc1ccc(F)c(F)c1)CC3. The number of nitrogens with zero attached hydrogens (tertiary/aromatic N) is 3. The van der Waals surface area contributed by atoms with Gasteiger partial charge in [0.15, 0.2) is 11.6 Å². The molecular formula is C25H24F2N4OS. The second-order valence-corrected chi connectivity index (χ2v) is 9.54. The van der Waals surface area contributed by atoms with E-state index in [0.717, 1.165) is 54.0 Å². The van der Waals surface area contributed by atoms with Crippen LogP contribution in [-0.2, 0) is 32.4 Å². The van der Waals surface area contributed by atoms with Crippen molar-refractivity contribution in [3.8, 4) is 0 Å². The Balaban J connectivity index is 1.27. The molecular weight excluding hydrogens is 442 g/mol. The number of nitrogens with one attached hydrogen (secondary N) is 1. The molecule has 5 nitrogen and oxygen atoms in total. The van der Waals surface area contributed by atoms with Gasteiger partial charge in [-0.2, -0.15) is 0 Å². The van der Waals surface area contributed by atoms with Crippen molar-refractivity contribution in [2.75, 3.05) is 0 Å². The zero-order chi connectivity index (χ0) is 22.8. The average Bonchev–Trinajstić information content (AvgIpc) is 3.20. The molecule has 0 radical (unpaired) electrons. The van der Waals surface area contributed by atoms with Gasteiger partial charge in [0.25, 0.3) is 5.56 Å². The van der Waals surface area contributed by atoms with E-state index < -0.39 is 11.6 Å². The zero-order valence-electron chi connectivity index (χ0n) is 18.1. The standard InChI is InChI=1S/C25H24F2N4OS/c26-20-6-3-17(12-21(20)27)14-29-18-4-5-19-22(13-18)33-24-23(19)25(32)31(15-30-24)11-1-2-16-7-9-28-10-8-16/h3,6-10,12,15,18,29H,1-2,4-5,11,13-14H2. The molecule has 1 N–H and O–H groups in total. The molecule has 1 atom stereocenters. The number of benzene rings is 1. The Morgan fingerprint density at radius 1 is 1.12 bits per heavy atom. The van der Waals surface area contributed by atoms with E-state index in [4.69, 9.17) is 0 Å². The summed E-state index contributed by atoms with van der Waals surface area (Å²) in [4.78, 5) is 23.8. The molecule has 0 spiro atoms. The van der Waals surface area contributed by atoms with Crippen LogP contribution in [0, 0.1) is 11.6 Å². The molecule has 0 aliphatic heterocycles. The summed E-state index contributed by atoms with van der Waals surface area (Å²) in [6, 6.07) is 8.20. The number of hydrogen-bond donors (Lipinski definition) is 1. The van der Waals surface area contributed by atoms with Crippen molar-refractivity contribution in [1.29, 1.82) is 0 Å². The van der Waals surface area contributed by atoms with Gasteiger partial charge in [0.05, 0.1) is 11.7 Å². The minimum Gasteiger partial charge on any atom is -0.310 e. The Bertz CT molecular complexity index is 1340. The fourth-order valence-corrected chi connectivity index (χ4v) is 5.71. The maximum Gasteiger partial charge on any atom is 0.262 e. The highest BCUT2D eigenvalue weighted by Gasteiger charge is 2.25. The summed E-state index contributed by atoms with van der Waals surface area (Å²) >= 11 is 1.59. The summed E-state index contributed by atoms with van der Waals surface area (Å²) in [7, 11) is 0. The molecule has 8 heteroatoms. The molecule has 3 aromatic heterocycles. The predicted molar refractivity (Wildman–Crippen MR) is 125 cm³/mol. The van der Waals surface area contributed by atoms with Crippen LogP contribution >= 0.6 is 11.3 Å². The molecule has 1 aliphatic rings. The summed E-state index contributed by atoms with van der Waals surface area (Å²) in [5.41, 5.74) is 3.09. The van der Waals surface area contributed by atoms with E-state index in [-0.39, 0.29) is 11.6 Å². The maximum atomic E-state index is 13.5. The van der Waals surface area contributed by atoms with Crippen molar-refractivity contribution in [3.05, 3.63) is 92.6 Å². The van der Waals surface area contributed by atoms with Gasteiger partial charge in [-0.15, -0.1) is 11.3 Å². The lowest BCUT2D eigenvalue weighted by molar-refractivity contribution is 0.459. The lowest BCUT2D eigenvalue weighted by Crippen LogP contribution is -2.33. The van der Waals surface area contributed by atoms with Crippen molar-refractivity contribution < 1.29 is 8.78 Å². The summed E-state index contributed by atoms with van der Waals surface area (Å²) in [5.74, 6) is -1.66. The minimum absolute atomic E-state index is 0.0421. The topological polar surface area (TPSA) is 59.8 Å². The Labute approximate surface area is 194 Å². The maximum absolute atomic E-state index is 13.5. The summed E-state index contributed by atoms with van der Waals surface area (Å²) in [5, 5.41) is 4.21. The Kier molecular flexibility index (Phi) is 6.28.